The number of benzene rings is 1. The van der Waals surface area contributed by atoms with E-state index < -0.39 is 0 Å². The number of aryl methyl sites for hydroxylation is 2. The third kappa shape index (κ3) is 5.25. The van der Waals surface area contributed by atoms with Crippen LogP contribution in [0.5, 0.6) is 5.75 Å². The van der Waals surface area contributed by atoms with Gasteiger partial charge in [-0.1, -0.05) is 6.58 Å². The van der Waals surface area contributed by atoms with Crippen molar-refractivity contribution in [3.8, 4) is 5.75 Å². The highest BCUT2D eigenvalue weighted by molar-refractivity contribution is 5.87. The first-order valence-corrected chi connectivity index (χ1v) is 9.70. The second kappa shape index (κ2) is 9.59. The van der Waals surface area contributed by atoms with Crippen LogP contribution in [0.2, 0.25) is 0 Å². The number of phenols is 1. The van der Waals surface area contributed by atoms with E-state index in [2.05, 4.69) is 16.8 Å². The zero-order chi connectivity index (χ0) is 20.8. The SMILES string of the molecule is C=CC(=O)N1CC(N(C)CCN(CC)C(=O)CNc2cc(C)c(C)cc2O)C1. The molecule has 1 saturated heterocycles. The predicted octanol–water partition coefficient (Wildman–Crippen LogP) is 1.60. The molecule has 1 aliphatic heterocycles. The quantitative estimate of drug-likeness (QED) is 0.496. The average molecular weight is 389 g/mol. The molecular weight excluding hydrogens is 356 g/mol. The standard InChI is InChI=1S/C21H32N4O3/c1-6-20(27)25-13-17(14-25)23(5)8-9-24(7-2)21(28)12-22-18-10-15(3)16(4)11-19(18)26/h6,10-11,17,22,26H,1,7-9,12-14H2,2-5H3. The fourth-order valence-electron chi connectivity index (χ4n) is 3.19. The summed E-state index contributed by atoms with van der Waals surface area (Å²) < 4.78 is 0. The van der Waals surface area contributed by atoms with Crippen molar-refractivity contribution in [2.24, 2.45) is 0 Å². The molecule has 0 saturated carbocycles. The second-order valence-electron chi connectivity index (χ2n) is 7.36. The van der Waals surface area contributed by atoms with Gasteiger partial charge >= 0.3 is 0 Å². The Bertz CT molecular complexity index is 729. The summed E-state index contributed by atoms with van der Waals surface area (Å²) >= 11 is 0. The van der Waals surface area contributed by atoms with Crippen LogP contribution in [0.1, 0.15) is 18.1 Å². The second-order valence-corrected chi connectivity index (χ2v) is 7.36. The highest BCUT2D eigenvalue weighted by Crippen LogP contribution is 2.26. The van der Waals surface area contributed by atoms with E-state index in [0.717, 1.165) is 17.7 Å². The number of hydrogen-bond acceptors (Lipinski definition) is 5. The average Bonchev–Trinajstić information content (AvgIpc) is 2.62. The van der Waals surface area contributed by atoms with Crippen molar-refractivity contribution < 1.29 is 14.7 Å². The van der Waals surface area contributed by atoms with Crippen molar-refractivity contribution in [1.29, 1.82) is 0 Å². The molecular formula is C21H32N4O3. The van der Waals surface area contributed by atoms with Crippen LogP contribution in [-0.4, -0.2) is 84.0 Å². The fourth-order valence-corrected chi connectivity index (χ4v) is 3.19. The minimum absolute atomic E-state index is 0.00870. The molecule has 0 aliphatic carbocycles. The van der Waals surface area contributed by atoms with Crippen molar-refractivity contribution >= 4 is 17.5 Å². The molecule has 0 radical (unpaired) electrons. The number of hydrogen-bond donors (Lipinski definition) is 2. The van der Waals surface area contributed by atoms with Crippen molar-refractivity contribution in [2.45, 2.75) is 26.8 Å². The first-order chi connectivity index (χ1) is 13.3. The number of amides is 2. The van der Waals surface area contributed by atoms with E-state index in [9.17, 15) is 14.7 Å². The zero-order valence-electron chi connectivity index (χ0n) is 17.4. The first kappa shape index (κ1) is 21.8. The lowest BCUT2D eigenvalue weighted by Gasteiger charge is -2.44. The molecule has 1 heterocycles. The molecule has 2 rings (SSSR count). The Morgan fingerprint density at radius 3 is 2.54 bits per heavy atom. The smallest absolute Gasteiger partial charge is 0.246 e. The number of carbonyl (C=O) groups is 2. The van der Waals surface area contributed by atoms with Gasteiger partial charge in [0.1, 0.15) is 5.75 Å². The maximum absolute atomic E-state index is 12.6. The van der Waals surface area contributed by atoms with E-state index in [4.69, 9.17) is 0 Å². The van der Waals surface area contributed by atoms with Crippen molar-refractivity contribution in [3.63, 3.8) is 0 Å². The van der Waals surface area contributed by atoms with Crippen LogP contribution in [0.15, 0.2) is 24.8 Å². The van der Waals surface area contributed by atoms with Gasteiger partial charge in [0.15, 0.2) is 0 Å². The van der Waals surface area contributed by atoms with Gasteiger partial charge in [0.05, 0.1) is 12.2 Å². The molecule has 0 spiro atoms. The van der Waals surface area contributed by atoms with E-state index in [1.165, 1.54) is 6.08 Å². The molecule has 7 nitrogen and oxygen atoms in total. The highest BCUT2D eigenvalue weighted by atomic mass is 16.3. The van der Waals surface area contributed by atoms with E-state index >= 15 is 0 Å². The Morgan fingerprint density at radius 1 is 1.29 bits per heavy atom. The van der Waals surface area contributed by atoms with Crippen LogP contribution < -0.4 is 5.32 Å². The summed E-state index contributed by atoms with van der Waals surface area (Å²) in [6.45, 7) is 12.9. The van der Waals surface area contributed by atoms with Crippen LogP contribution in [0.4, 0.5) is 5.69 Å². The lowest BCUT2D eigenvalue weighted by Crippen LogP contribution is -2.60. The van der Waals surface area contributed by atoms with Crippen LogP contribution in [0.3, 0.4) is 0 Å². The Kier molecular flexibility index (Phi) is 7.45. The number of anilines is 1. The summed E-state index contributed by atoms with van der Waals surface area (Å²) in [5.74, 6) is 0.114. The number of aromatic hydroxyl groups is 1. The maximum atomic E-state index is 12.6. The molecule has 0 atom stereocenters. The molecule has 1 aromatic rings. The van der Waals surface area contributed by atoms with E-state index in [1.807, 2.05) is 33.9 Å². The summed E-state index contributed by atoms with van der Waals surface area (Å²) in [5.41, 5.74) is 2.65. The molecule has 154 valence electrons. The lowest BCUT2D eigenvalue weighted by atomic mass is 10.1. The molecule has 0 aromatic heterocycles. The molecule has 1 aromatic carbocycles. The van der Waals surface area contributed by atoms with Gasteiger partial charge in [-0.15, -0.1) is 0 Å². The third-order valence-corrected chi connectivity index (χ3v) is 5.47. The Labute approximate surface area is 167 Å². The minimum atomic E-state index is -0.0318. The number of nitrogens with one attached hydrogen (secondary N) is 1. The molecule has 28 heavy (non-hydrogen) atoms. The number of rotatable bonds is 9. The third-order valence-electron chi connectivity index (χ3n) is 5.47. The van der Waals surface area contributed by atoms with Gasteiger partial charge in [-0.2, -0.15) is 0 Å². The summed E-state index contributed by atoms with van der Waals surface area (Å²) in [5, 5.41) is 13.1. The topological polar surface area (TPSA) is 76.1 Å². The van der Waals surface area contributed by atoms with E-state index in [0.29, 0.717) is 37.9 Å². The van der Waals surface area contributed by atoms with Crippen LogP contribution in [0.25, 0.3) is 0 Å². The van der Waals surface area contributed by atoms with Crippen LogP contribution >= 0.6 is 0 Å². The first-order valence-electron chi connectivity index (χ1n) is 9.70. The molecule has 1 aliphatic rings. The summed E-state index contributed by atoms with van der Waals surface area (Å²) in [6.07, 6.45) is 1.34. The molecule has 2 amide bonds. The highest BCUT2D eigenvalue weighted by Gasteiger charge is 2.32. The van der Waals surface area contributed by atoms with Gasteiger partial charge in [-0.05, 0) is 57.2 Å². The van der Waals surface area contributed by atoms with Crippen molar-refractivity contribution in [1.82, 2.24) is 14.7 Å². The van der Waals surface area contributed by atoms with Gasteiger partial charge in [-0.25, -0.2) is 0 Å². The van der Waals surface area contributed by atoms with Crippen molar-refractivity contribution in [2.75, 3.05) is 51.6 Å². The Hall–Kier alpha value is -2.54. The maximum Gasteiger partial charge on any atom is 0.246 e. The summed E-state index contributed by atoms with van der Waals surface area (Å²) in [6, 6.07) is 3.88. The van der Waals surface area contributed by atoms with Gasteiger partial charge < -0.3 is 20.2 Å². The zero-order valence-corrected chi connectivity index (χ0v) is 17.4. The minimum Gasteiger partial charge on any atom is -0.506 e. The van der Waals surface area contributed by atoms with Gasteiger partial charge in [0.2, 0.25) is 11.8 Å². The van der Waals surface area contributed by atoms with E-state index in [-0.39, 0.29) is 24.1 Å². The molecule has 0 unspecified atom stereocenters. The van der Waals surface area contributed by atoms with Crippen LogP contribution in [0, 0.1) is 13.8 Å². The fraction of sp³-hybridized carbons (Fsp3) is 0.524. The lowest BCUT2D eigenvalue weighted by molar-refractivity contribution is -0.133. The van der Waals surface area contributed by atoms with Gasteiger partial charge in [0.25, 0.3) is 0 Å². The Balaban J connectivity index is 1.79. The molecule has 1 fully saturated rings. The number of likely N-dealkylation sites (tertiary alicyclic amines) is 1. The number of nitrogens with zero attached hydrogens (tertiary/aromatic N) is 3. The number of phenolic OH excluding ortho intramolecular Hbond substituents is 1. The largest absolute Gasteiger partial charge is 0.506 e. The summed E-state index contributed by atoms with van der Waals surface area (Å²) in [4.78, 5) is 29.8. The monoisotopic (exact) mass is 388 g/mol. The summed E-state index contributed by atoms with van der Waals surface area (Å²) in [7, 11) is 2.02. The van der Waals surface area contributed by atoms with Crippen molar-refractivity contribution in [3.05, 3.63) is 35.9 Å². The van der Waals surface area contributed by atoms with Gasteiger partial charge in [0, 0.05) is 38.8 Å². The number of carbonyl (C=O) groups excluding carboxylic acids is 2. The normalized spacial score (nSPS) is 14.0. The Morgan fingerprint density at radius 2 is 1.93 bits per heavy atom. The van der Waals surface area contributed by atoms with E-state index in [1.54, 1.807) is 15.9 Å². The van der Waals surface area contributed by atoms with Gasteiger partial charge in [-0.3, -0.25) is 14.5 Å². The molecule has 2 N–H and O–H groups in total. The molecule has 7 heteroatoms. The molecule has 0 bridgehead atoms. The number of likely N-dealkylation sites (N-methyl/N-ethyl adjacent to an activating group) is 2. The predicted molar refractivity (Wildman–Crippen MR) is 112 cm³/mol. The van der Waals surface area contributed by atoms with Crippen LogP contribution in [-0.2, 0) is 9.59 Å².